The van der Waals surface area contributed by atoms with Crippen molar-refractivity contribution in [3.63, 3.8) is 0 Å². The van der Waals surface area contributed by atoms with Crippen molar-refractivity contribution in [3.8, 4) is 0 Å². The van der Waals surface area contributed by atoms with Gasteiger partial charge in [0.15, 0.2) is 9.84 Å². The summed E-state index contributed by atoms with van der Waals surface area (Å²) in [6.45, 7) is 0.366. The lowest BCUT2D eigenvalue weighted by molar-refractivity contribution is -0.275. The number of oxime groups is 1. The molecule has 3 aliphatic heterocycles. The normalized spacial score (nSPS) is 22.5. The van der Waals surface area contributed by atoms with Crippen LogP contribution in [0.4, 0.5) is 13.2 Å². The number of benzene rings is 1. The molecule has 0 saturated carbocycles. The summed E-state index contributed by atoms with van der Waals surface area (Å²) in [5.41, 5.74) is -2.58. The minimum atomic E-state index is -4.87. The highest BCUT2D eigenvalue weighted by atomic mass is 35.5. The van der Waals surface area contributed by atoms with Gasteiger partial charge in [0, 0.05) is 29.1 Å². The van der Waals surface area contributed by atoms with Crippen LogP contribution in [-0.2, 0) is 42.0 Å². The Balaban J connectivity index is 1.38. The molecule has 5 rings (SSSR count). The number of ether oxygens (including phenoxy) is 1. The zero-order chi connectivity index (χ0) is 27.0. The van der Waals surface area contributed by atoms with Crippen molar-refractivity contribution in [2.24, 2.45) is 5.16 Å². The van der Waals surface area contributed by atoms with Crippen LogP contribution in [0.5, 0.6) is 0 Å². The first-order valence-corrected chi connectivity index (χ1v) is 13.9. The molecule has 198 valence electrons. The van der Waals surface area contributed by atoms with Gasteiger partial charge in [-0.2, -0.15) is 13.2 Å². The largest absolute Gasteiger partial charge is 0.435 e. The van der Waals surface area contributed by atoms with Crippen LogP contribution in [0.25, 0.3) is 0 Å². The number of carbonyl (C=O) groups is 1. The van der Waals surface area contributed by atoms with E-state index in [-0.39, 0.29) is 46.0 Å². The molecule has 1 fully saturated rings. The summed E-state index contributed by atoms with van der Waals surface area (Å²) in [5.74, 6) is -1.14. The molecule has 1 atom stereocenters. The van der Waals surface area contributed by atoms with Crippen molar-refractivity contribution in [1.29, 1.82) is 0 Å². The molecule has 0 radical (unpaired) electrons. The quantitative estimate of drug-likeness (QED) is 0.489. The molecule has 3 aliphatic rings. The summed E-state index contributed by atoms with van der Waals surface area (Å²) >= 11 is 17.9. The van der Waals surface area contributed by atoms with E-state index in [4.69, 9.17) is 44.4 Å². The molecule has 2 aromatic rings. The molecule has 37 heavy (non-hydrogen) atoms. The fraction of sp³-hybridized carbons (Fsp3) is 0.409. The minimum absolute atomic E-state index is 0.00864. The molecule has 4 heterocycles. The van der Waals surface area contributed by atoms with Gasteiger partial charge in [0.1, 0.15) is 11.4 Å². The molecule has 1 aromatic heterocycles. The van der Waals surface area contributed by atoms with E-state index in [1.54, 1.807) is 6.07 Å². The number of nitrogens with zero attached hydrogens (tertiary/aromatic N) is 3. The maximum atomic E-state index is 14.3. The third-order valence-corrected chi connectivity index (χ3v) is 8.47. The van der Waals surface area contributed by atoms with Crippen LogP contribution in [0.1, 0.15) is 28.8 Å². The highest BCUT2D eigenvalue weighted by molar-refractivity contribution is 7.91. The summed E-state index contributed by atoms with van der Waals surface area (Å²) in [6, 6.07) is 3.72. The van der Waals surface area contributed by atoms with E-state index in [0.29, 0.717) is 16.8 Å². The van der Waals surface area contributed by atoms with Crippen molar-refractivity contribution in [2.75, 3.05) is 25.1 Å². The van der Waals surface area contributed by atoms with Gasteiger partial charge in [0.05, 0.1) is 52.6 Å². The molecular weight excluding hydrogens is 582 g/mol. The molecule has 1 unspecified atom stereocenters. The maximum Gasteiger partial charge on any atom is 0.435 e. The zero-order valence-corrected chi connectivity index (χ0v) is 22.0. The number of pyridine rings is 1. The second-order valence-corrected chi connectivity index (χ2v) is 12.6. The Kier molecular flexibility index (Phi) is 6.23. The number of rotatable bonds is 4. The van der Waals surface area contributed by atoms with E-state index in [1.165, 1.54) is 11.1 Å². The molecule has 0 N–H and O–H groups in total. The molecular formula is C22H17Cl3F3N3O5S. The zero-order valence-electron chi connectivity index (χ0n) is 18.9. The fourth-order valence-corrected chi connectivity index (χ4v) is 5.85. The summed E-state index contributed by atoms with van der Waals surface area (Å²) in [6.07, 6.45) is -3.19. The molecule has 1 saturated heterocycles. The number of hydrogen-bond donors (Lipinski definition) is 0. The number of carbonyl (C=O) groups excluding carboxylic acids is 1. The van der Waals surface area contributed by atoms with Crippen LogP contribution < -0.4 is 0 Å². The first-order valence-electron chi connectivity index (χ1n) is 10.7. The number of fused-ring (bicyclic) bond motifs is 2. The molecule has 0 bridgehead atoms. The second kappa shape index (κ2) is 8.70. The lowest BCUT2D eigenvalue weighted by atomic mass is 9.85. The van der Waals surface area contributed by atoms with E-state index in [2.05, 4.69) is 10.1 Å². The van der Waals surface area contributed by atoms with Gasteiger partial charge in [-0.05, 0) is 18.2 Å². The van der Waals surface area contributed by atoms with E-state index in [9.17, 15) is 26.4 Å². The van der Waals surface area contributed by atoms with Crippen LogP contribution in [-0.4, -0.2) is 61.2 Å². The van der Waals surface area contributed by atoms with Crippen molar-refractivity contribution in [1.82, 2.24) is 9.88 Å². The van der Waals surface area contributed by atoms with E-state index < -0.39 is 45.3 Å². The lowest BCUT2D eigenvalue weighted by Gasteiger charge is -2.46. The van der Waals surface area contributed by atoms with Crippen LogP contribution in [0.3, 0.4) is 0 Å². The standard InChI is InChI=1S/C22H17Cl3F3N3O5S/c1-37(33,34)8-17(32)31-9-20(10-31)19-12(7-35-20)2-11(6-29-19)16-5-21(36-30-16,22(26,27)28)13-3-14(23)18(25)15(24)4-13/h2-4,6H,5,7-10H2,1H3. The first-order chi connectivity index (χ1) is 17.1. The van der Waals surface area contributed by atoms with Crippen LogP contribution in [0.2, 0.25) is 15.1 Å². The third kappa shape index (κ3) is 4.46. The predicted octanol–water partition coefficient (Wildman–Crippen LogP) is 4.24. The SMILES string of the molecule is CS(=O)(=O)CC(=O)N1CC2(C1)OCc1cc(C3=NOC(c4cc(Cl)c(Cl)c(Cl)c4)(C(F)(F)F)C3)cnc12. The Hall–Kier alpha value is -2.12. The molecule has 1 aromatic carbocycles. The number of hydrogen-bond acceptors (Lipinski definition) is 7. The van der Waals surface area contributed by atoms with Gasteiger partial charge in [0.25, 0.3) is 5.60 Å². The first kappa shape index (κ1) is 26.5. The highest BCUT2D eigenvalue weighted by Gasteiger charge is 2.62. The van der Waals surface area contributed by atoms with Crippen LogP contribution in [0.15, 0.2) is 29.6 Å². The van der Waals surface area contributed by atoms with Crippen molar-refractivity contribution in [3.05, 3.63) is 61.8 Å². The molecule has 8 nitrogen and oxygen atoms in total. The third-order valence-electron chi connectivity index (χ3n) is 6.50. The number of likely N-dealkylation sites (tertiary alicyclic amines) is 1. The Morgan fingerprint density at radius 2 is 1.81 bits per heavy atom. The Morgan fingerprint density at radius 1 is 1.16 bits per heavy atom. The second-order valence-electron chi connectivity index (χ2n) is 9.22. The van der Waals surface area contributed by atoms with E-state index >= 15 is 0 Å². The minimum Gasteiger partial charge on any atom is -0.374 e. The number of halogens is 6. The summed E-state index contributed by atoms with van der Waals surface area (Å²) < 4.78 is 71.6. The maximum absolute atomic E-state index is 14.3. The van der Waals surface area contributed by atoms with Crippen molar-refractivity contribution < 1.29 is 36.0 Å². The Labute approximate surface area is 224 Å². The van der Waals surface area contributed by atoms with Gasteiger partial charge in [-0.3, -0.25) is 9.78 Å². The summed E-state index contributed by atoms with van der Waals surface area (Å²) in [5, 5.41) is 3.35. The van der Waals surface area contributed by atoms with Crippen molar-refractivity contribution >= 4 is 56.3 Å². The topological polar surface area (TPSA) is 98.2 Å². The average molecular weight is 599 g/mol. The molecule has 1 spiro atoms. The summed E-state index contributed by atoms with van der Waals surface area (Å²) in [7, 11) is -3.48. The fourth-order valence-electron chi connectivity index (χ4n) is 4.62. The van der Waals surface area contributed by atoms with E-state index in [1.807, 2.05) is 0 Å². The Morgan fingerprint density at radius 3 is 2.41 bits per heavy atom. The predicted molar refractivity (Wildman–Crippen MR) is 128 cm³/mol. The van der Waals surface area contributed by atoms with E-state index in [0.717, 1.165) is 18.4 Å². The van der Waals surface area contributed by atoms with Crippen LogP contribution >= 0.6 is 34.8 Å². The number of sulfone groups is 1. The van der Waals surface area contributed by atoms with Gasteiger partial charge in [-0.1, -0.05) is 40.0 Å². The molecule has 15 heteroatoms. The van der Waals surface area contributed by atoms with Crippen molar-refractivity contribution in [2.45, 2.75) is 30.4 Å². The molecule has 1 amide bonds. The lowest BCUT2D eigenvalue weighted by Crippen LogP contribution is -2.62. The number of amides is 1. The van der Waals surface area contributed by atoms with Crippen LogP contribution in [0, 0.1) is 0 Å². The van der Waals surface area contributed by atoms with Gasteiger partial charge in [-0.15, -0.1) is 0 Å². The number of aromatic nitrogens is 1. The monoisotopic (exact) mass is 597 g/mol. The van der Waals surface area contributed by atoms with Gasteiger partial charge < -0.3 is 14.5 Å². The highest BCUT2D eigenvalue weighted by Crippen LogP contribution is 2.51. The van der Waals surface area contributed by atoms with Gasteiger partial charge >= 0.3 is 6.18 Å². The smallest absolute Gasteiger partial charge is 0.374 e. The Bertz CT molecular complexity index is 1440. The molecule has 0 aliphatic carbocycles. The van der Waals surface area contributed by atoms with Gasteiger partial charge in [-0.25, -0.2) is 8.42 Å². The van der Waals surface area contributed by atoms with Gasteiger partial charge in [0.2, 0.25) is 5.91 Å². The average Bonchev–Trinajstić information content (AvgIpc) is 3.37. The summed E-state index contributed by atoms with van der Waals surface area (Å²) in [4.78, 5) is 23.0. The number of alkyl halides is 3.